The van der Waals surface area contributed by atoms with Crippen molar-refractivity contribution in [2.24, 2.45) is 0 Å². The minimum atomic E-state index is 0.543. The first-order valence-electron chi connectivity index (χ1n) is 6.64. The molecule has 0 aliphatic carbocycles. The number of aromatic nitrogens is 2. The van der Waals surface area contributed by atoms with Crippen LogP contribution < -0.4 is 4.74 Å². The molecule has 2 aromatic heterocycles. The third kappa shape index (κ3) is 3.16. The highest BCUT2D eigenvalue weighted by Crippen LogP contribution is 2.23. The van der Waals surface area contributed by atoms with Gasteiger partial charge in [-0.2, -0.15) is 0 Å². The summed E-state index contributed by atoms with van der Waals surface area (Å²) >= 11 is 3.46. The quantitative estimate of drug-likeness (QED) is 0.641. The Morgan fingerprint density at radius 3 is 2.67 bits per heavy atom. The topological polar surface area (TPSA) is 26.5 Å². The van der Waals surface area contributed by atoms with Gasteiger partial charge >= 0.3 is 0 Å². The second-order valence-corrected chi connectivity index (χ2v) is 5.92. The summed E-state index contributed by atoms with van der Waals surface area (Å²) in [7, 11) is 0. The molecule has 3 aromatic rings. The van der Waals surface area contributed by atoms with Crippen LogP contribution >= 0.6 is 15.9 Å². The lowest BCUT2D eigenvalue weighted by atomic mass is 10.1. The Kier molecular flexibility index (Phi) is 3.80. The first-order chi connectivity index (χ1) is 10.1. The molecule has 106 valence electrons. The van der Waals surface area contributed by atoms with Gasteiger partial charge in [0.15, 0.2) is 0 Å². The van der Waals surface area contributed by atoms with Gasteiger partial charge in [-0.15, -0.1) is 0 Å². The Morgan fingerprint density at radius 2 is 1.95 bits per heavy atom. The van der Waals surface area contributed by atoms with Crippen molar-refractivity contribution in [2.45, 2.75) is 6.92 Å². The van der Waals surface area contributed by atoms with Crippen molar-refractivity contribution in [2.75, 3.05) is 6.61 Å². The summed E-state index contributed by atoms with van der Waals surface area (Å²) in [5, 5.41) is 0. The number of ether oxygens (including phenoxy) is 1. The normalized spacial score (nSPS) is 10.8. The molecule has 21 heavy (non-hydrogen) atoms. The van der Waals surface area contributed by atoms with Crippen LogP contribution in [0.15, 0.2) is 65.4 Å². The van der Waals surface area contributed by atoms with E-state index in [4.69, 9.17) is 4.74 Å². The smallest absolute Gasteiger partial charge is 0.137 e. The summed E-state index contributed by atoms with van der Waals surface area (Å²) in [5.41, 5.74) is 3.94. The molecule has 0 atom stereocenters. The second kappa shape index (κ2) is 5.74. The van der Waals surface area contributed by atoms with E-state index in [0.29, 0.717) is 6.61 Å². The molecule has 4 heteroatoms. The van der Waals surface area contributed by atoms with E-state index < -0.39 is 0 Å². The minimum Gasteiger partial charge on any atom is -0.489 e. The molecule has 0 aliphatic rings. The van der Waals surface area contributed by atoms with Crippen LogP contribution in [0.25, 0.3) is 16.9 Å². The van der Waals surface area contributed by atoms with E-state index in [-0.39, 0.29) is 0 Å². The van der Waals surface area contributed by atoms with E-state index in [1.165, 1.54) is 0 Å². The van der Waals surface area contributed by atoms with Crippen LogP contribution in [0.3, 0.4) is 0 Å². The van der Waals surface area contributed by atoms with E-state index in [0.717, 1.165) is 32.7 Å². The number of halogens is 1. The molecular weight excluding hydrogens is 328 g/mol. The molecule has 0 aliphatic heterocycles. The lowest BCUT2D eigenvalue weighted by Crippen LogP contribution is -1.97. The largest absolute Gasteiger partial charge is 0.489 e. The zero-order chi connectivity index (χ0) is 14.8. The summed E-state index contributed by atoms with van der Waals surface area (Å²) in [6, 6.07) is 11.9. The average Bonchev–Trinajstić information content (AvgIpc) is 2.88. The van der Waals surface area contributed by atoms with Crippen LogP contribution in [0.1, 0.15) is 6.92 Å². The number of nitrogens with zero attached hydrogens (tertiary/aromatic N) is 2. The van der Waals surface area contributed by atoms with Gasteiger partial charge in [0.05, 0.1) is 5.69 Å². The van der Waals surface area contributed by atoms with Gasteiger partial charge < -0.3 is 9.14 Å². The molecule has 1 aromatic carbocycles. The van der Waals surface area contributed by atoms with Crippen molar-refractivity contribution in [1.29, 1.82) is 0 Å². The fourth-order valence-electron chi connectivity index (χ4n) is 2.03. The van der Waals surface area contributed by atoms with Crippen LogP contribution in [-0.2, 0) is 0 Å². The van der Waals surface area contributed by atoms with E-state index >= 15 is 0 Å². The van der Waals surface area contributed by atoms with Crippen molar-refractivity contribution in [1.82, 2.24) is 9.38 Å². The Bertz CT molecular complexity index is 790. The summed E-state index contributed by atoms with van der Waals surface area (Å²) < 4.78 is 8.64. The molecule has 0 bridgehead atoms. The molecule has 0 radical (unpaired) electrons. The summed E-state index contributed by atoms with van der Waals surface area (Å²) in [6.45, 7) is 6.32. The number of hydrogen-bond donors (Lipinski definition) is 0. The van der Waals surface area contributed by atoms with Gasteiger partial charge in [-0.1, -0.05) is 6.58 Å². The van der Waals surface area contributed by atoms with Gasteiger partial charge in [-0.3, -0.25) is 0 Å². The summed E-state index contributed by atoms with van der Waals surface area (Å²) in [5.74, 6) is 0.841. The molecule has 0 saturated heterocycles. The van der Waals surface area contributed by atoms with Crippen molar-refractivity contribution in [3.05, 3.63) is 65.4 Å². The Labute approximate surface area is 132 Å². The van der Waals surface area contributed by atoms with E-state index in [9.17, 15) is 0 Å². The van der Waals surface area contributed by atoms with Gasteiger partial charge in [0, 0.05) is 22.4 Å². The fraction of sp³-hybridized carbons (Fsp3) is 0.118. The molecule has 0 saturated carbocycles. The van der Waals surface area contributed by atoms with Crippen LogP contribution in [0.2, 0.25) is 0 Å². The summed E-state index contributed by atoms with van der Waals surface area (Å²) in [6.07, 6.45) is 4.01. The predicted molar refractivity (Wildman–Crippen MR) is 88.6 cm³/mol. The molecule has 0 fully saturated rings. The highest BCUT2D eigenvalue weighted by atomic mass is 79.9. The number of benzene rings is 1. The van der Waals surface area contributed by atoms with Crippen LogP contribution in [0.5, 0.6) is 5.75 Å². The molecule has 3 nitrogen and oxygen atoms in total. The molecule has 0 unspecified atom stereocenters. The predicted octanol–water partition coefficient (Wildman–Crippen LogP) is 4.72. The van der Waals surface area contributed by atoms with Gasteiger partial charge in [0.2, 0.25) is 0 Å². The fourth-order valence-corrected chi connectivity index (χ4v) is 2.38. The van der Waals surface area contributed by atoms with Gasteiger partial charge in [0.25, 0.3) is 0 Å². The molecule has 3 rings (SSSR count). The maximum absolute atomic E-state index is 5.60. The minimum absolute atomic E-state index is 0.543. The van der Waals surface area contributed by atoms with Gasteiger partial charge in [-0.05, 0) is 64.8 Å². The number of imidazole rings is 1. The molecule has 0 amide bonds. The molecule has 0 N–H and O–H groups in total. The lowest BCUT2D eigenvalue weighted by Gasteiger charge is -2.05. The number of hydrogen-bond acceptors (Lipinski definition) is 2. The van der Waals surface area contributed by atoms with Crippen LogP contribution in [0, 0.1) is 0 Å². The zero-order valence-electron chi connectivity index (χ0n) is 11.7. The molecular formula is C17H15BrN2O. The maximum Gasteiger partial charge on any atom is 0.137 e. The monoisotopic (exact) mass is 342 g/mol. The first kappa shape index (κ1) is 13.9. The second-order valence-electron chi connectivity index (χ2n) is 5.01. The van der Waals surface area contributed by atoms with Gasteiger partial charge in [-0.25, -0.2) is 4.98 Å². The molecule has 0 spiro atoms. The first-order valence-corrected chi connectivity index (χ1v) is 7.43. The SMILES string of the molecule is C=C(C)COc1ccc(-c2cn3cc(Br)ccc3n2)cc1. The highest BCUT2D eigenvalue weighted by Gasteiger charge is 2.05. The Morgan fingerprint density at radius 1 is 1.19 bits per heavy atom. The number of fused-ring (bicyclic) bond motifs is 1. The Hall–Kier alpha value is -2.07. The number of pyridine rings is 1. The standard InChI is InChI=1S/C17H15BrN2O/c1-12(2)11-21-15-6-3-13(4-7-15)16-10-20-9-14(18)5-8-17(20)19-16/h3-10H,1,11H2,2H3. The Balaban J connectivity index is 1.86. The summed E-state index contributed by atoms with van der Waals surface area (Å²) in [4.78, 5) is 4.62. The number of rotatable bonds is 4. The van der Waals surface area contributed by atoms with E-state index in [2.05, 4.69) is 27.5 Å². The van der Waals surface area contributed by atoms with Crippen molar-refractivity contribution in [3.8, 4) is 17.0 Å². The zero-order valence-corrected chi connectivity index (χ0v) is 13.3. The van der Waals surface area contributed by atoms with E-state index in [1.54, 1.807) is 0 Å². The van der Waals surface area contributed by atoms with Crippen molar-refractivity contribution in [3.63, 3.8) is 0 Å². The van der Waals surface area contributed by atoms with Gasteiger partial charge in [0.1, 0.15) is 18.0 Å². The van der Waals surface area contributed by atoms with Crippen LogP contribution in [0.4, 0.5) is 0 Å². The van der Waals surface area contributed by atoms with Crippen molar-refractivity contribution >= 4 is 21.6 Å². The average molecular weight is 343 g/mol. The third-order valence-electron chi connectivity index (χ3n) is 3.05. The maximum atomic E-state index is 5.60. The van der Waals surface area contributed by atoms with E-state index in [1.807, 2.05) is 60.1 Å². The van der Waals surface area contributed by atoms with Crippen LogP contribution in [-0.4, -0.2) is 16.0 Å². The van der Waals surface area contributed by atoms with Crippen molar-refractivity contribution < 1.29 is 4.74 Å². The third-order valence-corrected chi connectivity index (χ3v) is 3.52. The molecule has 2 heterocycles. The highest BCUT2D eigenvalue weighted by molar-refractivity contribution is 9.10. The lowest BCUT2D eigenvalue weighted by molar-refractivity contribution is 0.353.